The fourth-order valence-electron chi connectivity index (χ4n) is 2.92. The molecule has 3 aromatic rings. The summed E-state index contributed by atoms with van der Waals surface area (Å²) in [5.74, 6) is 0.0641. The van der Waals surface area contributed by atoms with Crippen molar-refractivity contribution in [1.29, 1.82) is 5.26 Å². The van der Waals surface area contributed by atoms with E-state index in [0.29, 0.717) is 23.7 Å². The third kappa shape index (κ3) is 6.59. The summed E-state index contributed by atoms with van der Waals surface area (Å²) >= 11 is 0. The molecular weight excluding hydrogens is 397 g/mol. The third-order valence-electron chi connectivity index (χ3n) is 4.53. The molecule has 1 aromatic heterocycles. The first-order valence-electron chi connectivity index (χ1n) is 9.70. The van der Waals surface area contributed by atoms with E-state index in [1.54, 1.807) is 25.3 Å². The molecule has 1 heterocycles. The minimum Gasteiger partial charge on any atom is -0.495 e. The van der Waals surface area contributed by atoms with Gasteiger partial charge in [0, 0.05) is 6.54 Å². The van der Waals surface area contributed by atoms with Crippen LogP contribution < -0.4 is 15.4 Å². The summed E-state index contributed by atoms with van der Waals surface area (Å²) in [5, 5.41) is 14.9. The summed E-state index contributed by atoms with van der Waals surface area (Å²) in [4.78, 5) is 20.3. The smallest absolute Gasteiger partial charge is 0.230 e. The molecule has 3 rings (SSSR count). The Hall–Kier alpha value is -3.83. The molecule has 0 unspecified atom stereocenters. The van der Waals surface area contributed by atoms with Crippen LogP contribution in [0.5, 0.6) is 5.75 Å². The molecule has 2 aromatic carbocycles. The number of carbonyl (C=O) groups excluding carboxylic acids is 1. The maximum absolute atomic E-state index is 12.9. The molecule has 0 radical (unpaired) electrons. The van der Waals surface area contributed by atoms with Gasteiger partial charge in [0.2, 0.25) is 5.91 Å². The van der Waals surface area contributed by atoms with Crippen LogP contribution in [-0.2, 0) is 24.2 Å². The summed E-state index contributed by atoms with van der Waals surface area (Å²) < 4.78 is 18.4. The summed E-state index contributed by atoms with van der Waals surface area (Å²) in [5.41, 5.74) is 3.31. The van der Waals surface area contributed by atoms with Gasteiger partial charge in [-0.05, 0) is 48.4 Å². The van der Waals surface area contributed by atoms with Crippen molar-refractivity contribution in [3.63, 3.8) is 0 Å². The van der Waals surface area contributed by atoms with Crippen molar-refractivity contribution in [2.75, 3.05) is 19.0 Å². The molecule has 0 spiro atoms. The van der Waals surface area contributed by atoms with E-state index in [-0.39, 0.29) is 23.8 Å². The minimum absolute atomic E-state index is 0.0386. The van der Waals surface area contributed by atoms with Crippen molar-refractivity contribution < 1.29 is 13.9 Å². The van der Waals surface area contributed by atoms with Crippen molar-refractivity contribution in [3.8, 4) is 11.8 Å². The number of nitrogens with zero attached hydrogens (tertiary/aromatic N) is 3. The number of methoxy groups -OCH3 is 1. The van der Waals surface area contributed by atoms with E-state index in [2.05, 4.69) is 20.6 Å². The van der Waals surface area contributed by atoms with Crippen LogP contribution in [0.25, 0.3) is 0 Å². The first kappa shape index (κ1) is 21.9. The highest BCUT2D eigenvalue weighted by Gasteiger charge is 2.10. The van der Waals surface area contributed by atoms with Gasteiger partial charge in [-0.25, -0.2) is 9.37 Å². The first-order valence-corrected chi connectivity index (χ1v) is 9.70. The Labute approximate surface area is 179 Å². The lowest BCUT2D eigenvalue weighted by molar-refractivity contribution is -0.115. The summed E-state index contributed by atoms with van der Waals surface area (Å²) in [6.45, 7) is 1.40. The summed E-state index contributed by atoms with van der Waals surface area (Å²) in [7, 11) is 1.55. The lowest BCUT2D eigenvalue weighted by Gasteiger charge is -2.12. The molecule has 0 saturated carbocycles. The van der Waals surface area contributed by atoms with Crippen LogP contribution >= 0.6 is 0 Å². The van der Waals surface area contributed by atoms with E-state index in [1.807, 2.05) is 18.2 Å². The number of nitriles is 1. The van der Waals surface area contributed by atoms with Gasteiger partial charge in [-0.15, -0.1) is 0 Å². The Balaban J connectivity index is 1.51. The normalized spacial score (nSPS) is 10.4. The van der Waals surface area contributed by atoms with Gasteiger partial charge in [0.15, 0.2) is 5.69 Å². The monoisotopic (exact) mass is 419 g/mol. The van der Waals surface area contributed by atoms with Crippen LogP contribution in [0.2, 0.25) is 0 Å². The van der Waals surface area contributed by atoms with Gasteiger partial charge in [-0.1, -0.05) is 18.2 Å². The Morgan fingerprint density at radius 1 is 1.13 bits per heavy atom. The maximum atomic E-state index is 12.9. The van der Waals surface area contributed by atoms with E-state index in [9.17, 15) is 9.18 Å². The summed E-state index contributed by atoms with van der Waals surface area (Å²) in [6.07, 6.45) is 3.56. The lowest BCUT2D eigenvalue weighted by atomic mass is 10.1. The number of amides is 1. The number of anilines is 1. The number of carbonyl (C=O) groups is 1. The number of ether oxygens (including phenoxy) is 1. The van der Waals surface area contributed by atoms with E-state index in [0.717, 1.165) is 24.1 Å². The largest absolute Gasteiger partial charge is 0.495 e. The average Bonchev–Trinajstić information content (AvgIpc) is 2.79. The number of aromatic nitrogens is 2. The number of benzene rings is 2. The summed E-state index contributed by atoms with van der Waals surface area (Å²) in [6, 6.07) is 13.9. The van der Waals surface area contributed by atoms with Crippen molar-refractivity contribution >= 4 is 11.6 Å². The topological polar surface area (TPSA) is 99.9 Å². The molecule has 0 aliphatic carbocycles. The van der Waals surface area contributed by atoms with Crippen LogP contribution in [0.4, 0.5) is 10.1 Å². The third-order valence-corrected chi connectivity index (χ3v) is 4.53. The van der Waals surface area contributed by atoms with Crippen molar-refractivity contribution in [2.24, 2.45) is 0 Å². The van der Waals surface area contributed by atoms with Gasteiger partial charge in [0.25, 0.3) is 0 Å². The molecule has 0 saturated heterocycles. The molecular formula is C23H22FN5O2. The van der Waals surface area contributed by atoms with Crippen LogP contribution in [0.1, 0.15) is 22.5 Å². The van der Waals surface area contributed by atoms with E-state index < -0.39 is 0 Å². The Bertz CT molecular complexity index is 1060. The highest BCUT2D eigenvalue weighted by molar-refractivity contribution is 5.93. The molecule has 8 heteroatoms. The fraction of sp³-hybridized carbons (Fsp3) is 0.217. The zero-order valence-electron chi connectivity index (χ0n) is 17.1. The SMILES string of the molecule is COc1cc(CCNCc2ccc(F)cc2)ccc1NC(=O)Cc1cnc(C#N)cn1. The second-order valence-corrected chi connectivity index (χ2v) is 6.82. The molecule has 1 amide bonds. The fourth-order valence-corrected chi connectivity index (χ4v) is 2.92. The standard InChI is InChI=1S/C23H22FN5O2/c1-31-22-10-16(8-9-26-13-17-2-5-18(24)6-3-17)4-7-21(22)29-23(30)11-19-14-28-20(12-25)15-27-19/h2-7,10,14-15,26H,8-9,11,13H2,1H3,(H,29,30). The van der Waals surface area contributed by atoms with E-state index in [1.165, 1.54) is 24.5 Å². The first-order chi connectivity index (χ1) is 15.1. The van der Waals surface area contributed by atoms with Crippen molar-refractivity contribution in [2.45, 2.75) is 19.4 Å². The molecule has 7 nitrogen and oxygen atoms in total. The average molecular weight is 419 g/mol. The molecule has 158 valence electrons. The Morgan fingerprint density at radius 2 is 1.90 bits per heavy atom. The second kappa shape index (κ2) is 10.8. The van der Waals surface area contributed by atoms with Gasteiger partial charge < -0.3 is 15.4 Å². The number of halogens is 1. The maximum Gasteiger partial charge on any atom is 0.230 e. The zero-order chi connectivity index (χ0) is 22.1. The Kier molecular flexibility index (Phi) is 7.62. The van der Waals surface area contributed by atoms with Gasteiger partial charge >= 0.3 is 0 Å². The van der Waals surface area contributed by atoms with E-state index in [4.69, 9.17) is 10.00 Å². The predicted octanol–water partition coefficient (Wildman–Crippen LogP) is 3.01. The number of hydrogen-bond acceptors (Lipinski definition) is 6. The molecule has 31 heavy (non-hydrogen) atoms. The molecule has 2 N–H and O–H groups in total. The second-order valence-electron chi connectivity index (χ2n) is 6.82. The lowest BCUT2D eigenvalue weighted by Crippen LogP contribution is -2.17. The molecule has 0 fully saturated rings. The zero-order valence-corrected chi connectivity index (χ0v) is 17.1. The van der Waals surface area contributed by atoms with Crippen LogP contribution in [-0.4, -0.2) is 29.5 Å². The van der Waals surface area contributed by atoms with Crippen LogP contribution in [0.3, 0.4) is 0 Å². The Morgan fingerprint density at radius 3 is 2.58 bits per heavy atom. The van der Waals surface area contributed by atoms with E-state index >= 15 is 0 Å². The molecule has 0 atom stereocenters. The minimum atomic E-state index is -0.258. The highest BCUT2D eigenvalue weighted by atomic mass is 19.1. The van der Waals surface area contributed by atoms with Crippen LogP contribution in [0.15, 0.2) is 54.9 Å². The molecule has 0 aliphatic rings. The number of hydrogen-bond donors (Lipinski definition) is 2. The van der Waals surface area contributed by atoms with Crippen molar-refractivity contribution in [3.05, 3.63) is 83.2 Å². The predicted molar refractivity (Wildman–Crippen MR) is 114 cm³/mol. The molecule has 0 aliphatic heterocycles. The number of rotatable bonds is 9. The van der Waals surface area contributed by atoms with Crippen LogP contribution in [0, 0.1) is 17.1 Å². The van der Waals surface area contributed by atoms with Gasteiger partial charge in [-0.2, -0.15) is 5.26 Å². The van der Waals surface area contributed by atoms with Crippen molar-refractivity contribution in [1.82, 2.24) is 15.3 Å². The quantitative estimate of drug-likeness (QED) is 0.517. The van der Waals surface area contributed by atoms with Gasteiger partial charge in [0.1, 0.15) is 17.6 Å². The van der Waals surface area contributed by atoms with Gasteiger partial charge in [0.05, 0.1) is 37.3 Å². The number of nitrogens with one attached hydrogen (secondary N) is 2. The van der Waals surface area contributed by atoms with Gasteiger partial charge in [-0.3, -0.25) is 9.78 Å². The molecule has 0 bridgehead atoms. The highest BCUT2D eigenvalue weighted by Crippen LogP contribution is 2.26.